The number of primary amides is 1. The highest BCUT2D eigenvalue weighted by molar-refractivity contribution is 7.16. The van der Waals surface area contributed by atoms with Crippen LogP contribution in [0.2, 0.25) is 0 Å². The SMILES string of the molecule is N#Cc1c(NC(=O)C=Cc2cccnc2)sc2c1CCC(COC(N)=O)C2. The molecule has 7 nitrogen and oxygen atoms in total. The Morgan fingerprint density at radius 2 is 2.37 bits per heavy atom. The monoisotopic (exact) mass is 382 g/mol. The molecule has 1 unspecified atom stereocenters. The van der Waals surface area contributed by atoms with Gasteiger partial charge in [-0.3, -0.25) is 9.78 Å². The van der Waals surface area contributed by atoms with Crippen molar-refractivity contribution in [2.75, 3.05) is 11.9 Å². The highest BCUT2D eigenvalue weighted by Gasteiger charge is 2.26. The van der Waals surface area contributed by atoms with Gasteiger partial charge in [0.25, 0.3) is 0 Å². The molecule has 0 saturated heterocycles. The molecule has 3 rings (SSSR count). The van der Waals surface area contributed by atoms with E-state index in [2.05, 4.69) is 16.4 Å². The number of carbonyl (C=O) groups is 2. The molecule has 27 heavy (non-hydrogen) atoms. The standard InChI is InChI=1S/C19H18N4O3S/c20-9-15-14-5-3-13(11-26-19(21)25)8-16(14)27-18(15)23-17(24)6-4-12-2-1-7-22-10-12/h1-2,4,6-7,10,13H,3,5,8,11H2,(H2,21,25)(H,23,24). The molecule has 1 aliphatic carbocycles. The van der Waals surface area contributed by atoms with Gasteiger partial charge in [0.2, 0.25) is 5.91 Å². The molecule has 2 aromatic rings. The second kappa shape index (κ2) is 8.47. The number of fused-ring (bicyclic) bond motifs is 1. The lowest BCUT2D eigenvalue weighted by molar-refractivity contribution is -0.111. The van der Waals surface area contributed by atoms with Crippen LogP contribution in [0.15, 0.2) is 30.6 Å². The molecule has 0 radical (unpaired) electrons. The molecule has 2 amide bonds. The van der Waals surface area contributed by atoms with Crippen LogP contribution in [0.3, 0.4) is 0 Å². The quantitative estimate of drug-likeness (QED) is 0.771. The summed E-state index contributed by atoms with van der Waals surface area (Å²) in [6, 6.07) is 5.84. The summed E-state index contributed by atoms with van der Waals surface area (Å²) in [7, 11) is 0. The van der Waals surface area contributed by atoms with Crippen LogP contribution >= 0.6 is 11.3 Å². The number of anilines is 1. The predicted molar refractivity (Wildman–Crippen MR) is 102 cm³/mol. The van der Waals surface area contributed by atoms with Crippen molar-refractivity contribution >= 4 is 34.4 Å². The number of carbonyl (C=O) groups excluding carboxylic acids is 2. The summed E-state index contributed by atoms with van der Waals surface area (Å²) in [5.74, 6) is -0.133. The number of hydrogen-bond acceptors (Lipinski definition) is 6. The number of hydrogen-bond donors (Lipinski definition) is 2. The van der Waals surface area contributed by atoms with Crippen LogP contribution in [0.4, 0.5) is 9.80 Å². The number of thiophene rings is 1. The van der Waals surface area contributed by atoms with E-state index >= 15 is 0 Å². The van der Waals surface area contributed by atoms with E-state index in [1.165, 1.54) is 17.4 Å². The molecule has 2 heterocycles. The fraction of sp³-hybridized carbons (Fsp3) is 0.263. The average Bonchev–Trinajstić information content (AvgIpc) is 3.01. The maximum absolute atomic E-state index is 12.2. The molecule has 0 saturated carbocycles. The van der Waals surface area contributed by atoms with Crippen LogP contribution in [0, 0.1) is 17.2 Å². The second-order valence-corrected chi connectivity index (χ2v) is 7.27. The Balaban J connectivity index is 1.70. The molecule has 138 valence electrons. The molecule has 0 aromatic carbocycles. The highest BCUT2D eigenvalue weighted by Crippen LogP contribution is 2.39. The number of pyridine rings is 1. The van der Waals surface area contributed by atoms with Crippen LogP contribution < -0.4 is 11.1 Å². The van der Waals surface area contributed by atoms with Crippen molar-refractivity contribution in [2.45, 2.75) is 19.3 Å². The van der Waals surface area contributed by atoms with Gasteiger partial charge in [0, 0.05) is 23.3 Å². The van der Waals surface area contributed by atoms with Crippen LogP contribution in [-0.2, 0) is 22.4 Å². The zero-order valence-corrected chi connectivity index (χ0v) is 15.3. The number of nitriles is 1. The summed E-state index contributed by atoms with van der Waals surface area (Å²) in [5.41, 5.74) is 7.33. The van der Waals surface area contributed by atoms with E-state index in [0.717, 1.165) is 22.4 Å². The van der Waals surface area contributed by atoms with E-state index in [-0.39, 0.29) is 18.4 Å². The number of amides is 2. The summed E-state index contributed by atoms with van der Waals surface area (Å²) in [4.78, 5) is 28.0. The van der Waals surface area contributed by atoms with Gasteiger partial charge in [0.15, 0.2) is 0 Å². The van der Waals surface area contributed by atoms with Gasteiger partial charge in [-0.15, -0.1) is 11.3 Å². The van der Waals surface area contributed by atoms with Crippen LogP contribution in [0.25, 0.3) is 6.08 Å². The average molecular weight is 382 g/mol. The Bertz CT molecular complexity index is 915. The van der Waals surface area contributed by atoms with Gasteiger partial charge in [0.05, 0.1) is 12.2 Å². The minimum Gasteiger partial charge on any atom is -0.449 e. The zero-order chi connectivity index (χ0) is 19.2. The van der Waals surface area contributed by atoms with E-state index in [1.54, 1.807) is 24.5 Å². The fourth-order valence-electron chi connectivity index (χ4n) is 3.00. The third kappa shape index (κ3) is 4.71. The number of nitrogens with two attached hydrogens (primary N) is 1. The van der Waals surface area contributed by atoms with Crippen molar-refractivity contribution in [3.05, 3.63) is 52.2 Å². The van der Waals surface area contributed by atoms with Gasteiger partial charge in [0.1, 0.15) is 11.1 Å². The van der Waals surface area contributed by atoms with Crippen molar-refractivity contribution < 1.29 is 14.3 Å². The summed E-state index contributed by atoms with van der Waals surface area (Å²) < 4.78 is 4.89. The molecular formula is C19H18N4O3S. The summed E-state index contributed by atoms with van der Waals surface area (Å²) in [6.07, 6.45) is 7.83. The molecule has 1 aliphatic rings. The van der Waals surface area contributed by atoms with Crippen molar-refractivity contribution in [2.24, 2.45) is 11.7 Å². The molecule has 8 heteroatoms. The minimum atomic E-state index is -0.780. The molecule has 2 aromatic heterocycles. The van der Waals surface area contributed by atoms with E-state index in [0.29, 0.717) is 23.4 Å². The van der Waals surface area contributed by atoms with Crippen LogP contribution in [-0.4, -0.2) is 23.6 Å². The lowest BCUT2D eigenvalue weighted by Gasteiger charge is -2.21. The van der Waals surface area contributed by atoms with Crippen LogP contribution in [0.5, 0.6) is 0 Å². The number of ether oxygens (including phenoxy) is 1. The molecule has 0 aliphatic heterocycles. The van der Waals surface area contributed by atoms with Gasteiger partial charge >= 0.3 is 6.09 Å². The first-order chi connectivity index (χ1) is 13.1. The maximum Gasteiger partial charge on any atom is 0.404 e. The molecular weight excluding hydrogens is 364 g/mol. The van der Waals surface area contributed by atoms with E-state index in [4.69, 9.17) is 10.5 Å². The number of aromatic nitrogens is 1. The van der Waals surface area contributed by atoms with Crippen molar-refractivity contribution in [3.8, 4) is 6.07 Å². The maximum atomic E-state index is 12.2. The van der Waals surface area contributed by atoms with Gasteiger partial charge < -0.3 is 15.8 Å². The third-order valence-electron chi connectivity index (χ3n) is 4.29. The van der Waals surface area contributed by atoms with E-state index in [1.807, 2.05) is 6.07 Å². The predicted octanol–water partition coefficient (Wildman–Crippen LogP) is 2.87. The largest absolute Gasteiger partial charge is 0.449 e. The zero-order valence-electron chi connectivity index (χ0n) is 14.5. The first-order valence-corrected chi connectivity index (χ1v) is 9.24. The molecule has 0 spiro atoms. The summed E-state index contributed by atoms with van der Waals surface area (Å²) >= 11 is 1.40. The Morgan fingerprint density at radius 1 is 1.52 bits per heavy atom. The van der Waals surface area contributed by atoms with Gasteiger partial charge in [-0.25, -0.2) is 4.79 Å². The normalized spacial score (nSPS) is 15.7. The first kappa shape index (κ1) is 18.6. The molecule has 0 bridgehead atoms. The topological polar surface area (TPSA) is 118 Å². The lowest BCUT2D eigenvalue weighted by atomic mass is 9.88. The fourth-order valence-corrected chi connectivity index (χ4v) is 4.32. The van der Waals surface area contributed by atoms with Crippen molar-refractivity contribution in [3.63, 3.8) is 0 Å². The van der Waals surface area contributed by atoms with Gasteiger partial charge in [-0.1, -0.05) is 6.07 Å². The van der Waals surface area contributed by atoms with E-state index in [9.17, 15) is 14.9 Å². The van der Waals surface area contributed by atoms with Gasteiger partial charge in [-0.05, 0) is 48.4 Å². The third-order valence-corrected chi connectivity index (χ3v) is 5.46. The lowest BCUT2D eigenvalue weighted by Crippen LogP contribution is -2.23. The Kier molecular flexibility index (Phi) is 5.84. The van der Waals surface area contributed by atoms with Crippen molar-refractivity contribution in [1.29, 1.82) is 5.26 Å². The van der Waals surface area contributed by atoms with Crippen molar-refractivity contribution in [1.82, 2.24) is 4.98 Å². The summed E-state index contributed by atoms with van der Waals surface area (Å²) in [5, 5.41) is 12.9. The number of nitrogens with zero attached hydrogens (tertiary/aromatic N) is 2. The van der Waals surface area contributed by atoms with E-state index < -0.39 is 6.09 Å². The first-order valence-electron chi connectivity index (χ1n) is 8.42. The molecule has 0 fully saturated rings. The number of rotatable bonds is 5. The van der Waals surface area contributed by atoms with Crippen LogP contribution in [0.1, 0.15) is 28.0 Å². The van der Waals surface area contributed by atoms with Gasteiger partial charge in [-0.2, -0.15) is 5.26 Å². The Morgan fingerprint density at radius 3 is 3.07 bits per heavy atom. The summed E-state index contributed by atoms with van der Waals surface area (Å²) in [6.45, 7) is 0.268. The Labute approximate surface area is 160 Å². The highest BCUT2D eigenvalue weighted by atomic mass is 32.1. The molecule has 1 atom stereocenters. The number of nitrogens with one attached hydrogen (secondary N) is 1. The smallest absolute Gasteiger partial charge is 0.404 e. The second-order valence-electron chi connectivity index (χ2n) is 6.17. The Hall–Kier alpha value is -3.18. The minimum absolute atomic E-state index is 0.171. The molecule has 3 N–H and O–H groups in total.